The molecule has 2 rings (SSSR count). The van der Waals surface area contributed by atoms with Gasteiger partial charge in [0, 0.05) is 13.5 Å². The molecular formula is C28H54O4Si. The maximum atomic E-state index is 12.3. The van der Waals surface area contributed by atoms with Gasteiger partial charge < -0.3 is 9.47 Å². The number of esters is 2. The Kier molecular flexibility index (Phi) is 9.90. The van der Waals surface area contributed by atoms with E-state index in [-0.39, 0.29) is 34.3 Å². The lowest BCUT2D eigenvalue weighted by Gasteiger charge is -2.39. The molecule has 3 atom stereocenters. The molecule has 0 amide bonds. The zero-order valence-corrected chi connectivity index (χ0v) is 24.9. The van der Waals surface area contributed by atoms with E-state index in [2.05, 4.69) is 40.4 Å². The van der Waals surface area contributed by atoms with Crippen LogP contribution in [0.25, 0.3) is 0 Å². The molecule has 0 saturated heterocycles. The van der Waals surface area contributed by atoms with Crippen LogP contribution >= 0.6 is 0 Å². The van der Waals surface area contributed by atoms with E-state index in [0.717, 1.165) is 31.6 Å². The van der Waals surface area contributed by atoms with Crippen molar-refractivity contribution in [3.05, 3.63) is 0 Å². The van der Waals surface area contributed by atoms with E-state index in [1.807, 2.05) is 41.5 Å². The molecule has 194 valence electrons. The molecule has 2 aliphatic carbocycles. The van der Waals surface area contributed by atoms with Gasteiger partial charge in [-0.1, -0.05) is 60.3 Å². The minimum Gasteiger partial charge on any atom is -0.465 e. The molecular weight excluding hydrogens is 428 g/mol. The van der Waals surface area contributed by atoms with Crippen LogP contribution in [0.3, 0.4) is 0 Å². The van der Waals surface area contributed by atoms with E-state index >= 15 is 0 Å². The molecule has 0 aromatic rings. The first kappa shape index (κ1) is 30.2. The Morgan fingerprint density at radius 3 is 1.85 bits per heavy atom. The number of rotatable bonds is 9. The van der Waals surface area contributed by atoms with E-state index in [4.69, 9.17) is 9.47 Å². The molecule has 0 aromatic carbocycles. The van der Waals surface area contributed by atoms with Gasteiger partial charge in [-0.3, -0.25) is 9.59 Å². The third kappa shape index (κ3) is 7.32. The summed E-state index contributed by atoms with van der Waals surface area (Å²) in [7, 11) is -0.975. The zero-order chi connectivity index (χ0) is 25.9. The van der Waals surface area contributed by atoms with Crippen LogP contribution in [0, 0.1) is 27.6 Å². The van der Waals surface area contributed by atoms with E-state index < -0.39 is 8.07 Å². The van der Waals surface area contributed by atoms with Gasteiger partial charge in [0.25, 0.3) is 0 Å². The summed E-state index contributed by atoms with van der Waals surface area (Å²) in [6, 6.07) is 1.23. The van der Waals surface area contributed by atoms with Crippen LogP contribution in [0.1, 0.15) is 101 Å². The Hall–Kier alpha value is -0.843. The van der Waals surface area contributed by atoms with Gasteiger partial charge in [0.2, 0.25) is 0 Å². The van der Waals surface area contributed by atoms with Crippen molar-refractivity contribution in [1.82, 2.24) is 0 Å². The van der Waals surface area contributed by atoms with Gasteiger partial charge in [-0.2, -0.15) is 0 Å². The summed E-state index contributed by atoms with van der Waals surface area (Å²) < 4.78 is 11.2. The van der Waals surface area contributed by atoms with Crippen LogP contribution in [0.2, 0.25) is 25.7 Å². The molecule has 0 aliphatic heterocycles. The van der Waals surface area contributed by atoms with Crippen molar-refractivity contribution < 1.29 is 19.1 Å². The van der Waals surface area contributed by atoms with Crippen LogP contribution in [0.4, 0.5) is 0 Å². The highest BCUT2D eigenvalue weighted by Gasteiger charge is 2.63. The highest BCUT2D eigenvalue weighted by atomic mass is 28.3. The summed E-state index contributed by atoms with van der Waals surface area (Å²) in [6.45, 7) is 26.5. The second kappa shape index (κ2) is 10.8. The fourth-order valence-corrected chi connectivity index (χ4v) is 6.05. The first-order valence-corrected chi connectivity index (χ1v) is 16.9. The van der Waals surface area contributed by atoms with Crippen molar-refractivity contribution in [2.45, 2.75) is 133 Å². The number of carbonyl (C=O) groups is 2. The summed E-state index contributed by atoms with van der Waals surface area (Å²) in [5.74, 6) is 0.658. The molecule has 0 spiro atoms. The molecule has 5 heteroatoms. The van der Waals surface area contributed by atoms with Gasteiger partial charge in [0.15, 0.2) is 0 Å². The van der Waals surface area contributed by atoms with E-state index in [1.165, 1.54) is 18.9 Å². The Morgan fingerprint density at radius 1 is 0.939 bits per heavy atom. The largest absolute Gasteiger partial charge is 0.465 e. The minimum atomic E-state index is -0.975. The number of carbonyl (C=O) groups excluding carboxylic acids is 2. The molecule has 2 bridgehead atoms. The quantitative estimate of drug-likeness (QED) is 0.190. The third-order valence-corrected chi connectivity index (χ3v) is 11.0. The number of fused-ring (bicyclic) bond motifs is 2. The van der Waals surface area contributed by atoms with Crippen molar-refractivity contribution in [2.24, 2.45) is 27.6 Å². The minimum absolute atomic E-state index is 0.0143. The normalized spacial score (nSPS) is 26.4. The Bertz CT molecular complexity index is 674. The maximum Gasteiger partial charge on any atom is 0.311 e. The van der Waals surface area contributed by atoms with Crippen molar-refractivity contribution in [3.8, 4) is 0 Å². The summed E-state index contributed by atoms with van der Waals surface area (Å²) in [6.07, 6.45) is 6.38. The van der Waals surface area contributed by atoms with Gasteiger partial charge in [-0.15, -0.1) is 0 Å². The van der Waals surface area contributed by atoms with Crippen LogP contribution in [-0.2, 0) is 19.1 Å². The van der Waals surface area contributed by atoms with Crippen LogP contribution in [-0.4, -0.2) is 32.7 Å². The monoisotopic (exact) mass is 482 g/mol. The molecule has 0 N–H and O–H groups in total. The third-order valence-electron chi connectivity index (χ3n) is 9.14. The average molecular weight is 483 g/mol. The molecule has 2 saturated carbocycles. The fraction of sp³-hybridized carbons (Fsp3) is 0.929. The lowest BCUT2D eigenvalue weighted by molar-refractivity contribution is -0.167. The van der Waals surface area contributed by atoms with Crippen LogP contribution < -0.4 is 0 Å². The molecule has 3 unspecified atom stereocenters. The lowest BCUT2D eigenvalue weighted by Crippen LogP contribution is -2.40. The van der Waals surface area contributed by atoms with E-state index in [0.29, 0.717) is 12.0 Å². The highest BCUT2D eigenvalue weighted by molar-refractivity contribution is 6.76. The number of ether oxygens (including phenoxy) is 2. The van der Waals surface area contributed by atoms with Crippen molar-refractivity contribution in [1.29, 1.82) is 0 Å². The van der Waals surface area contributed by atoms with Gasteiger partial charge in [0.1, 0.15) is 6.10 Å². The summed E-state index contributed by atoms with van der Waals surface area (Å²) in [5, 5.41) is 0. The van der Waals surface area contributed by atoms with Crippen LogP contribution in [0.5, 0.6) is 0 Å². The van der Waals surface area contributed by atoms with Crippen LogP contribution in [0.15, 0.2) is 0 Å². The van der Waals surface area contributed by atoms with E-state index in [1.54, 1.807) is 0 Å². The van der Waals surface area contributed by atoms with Gasteiger partial charge in [-0.25, -0.2) is 0 Å². The molecule has 2 aliphatic rings. The zero-order valence-electron chi connectivity index (χ0n) is 23.9. The fourth-order valence-electron chi connectivity index (χ4n) is 4.85. The van der Waals surface area contributed by atoms with Crippen molar-refractivity contribution in [3.63, 3.8) is 0 Å². The molecule has 2 fully saturated rings. The second-order valence-electron chi connectivity index (χ2n) is 13.8. The first-order valence-electron chi connectivity index (χ1n) is 13.2. The second-order valence-corrected chi connectivity index (χ2v) is 19.4. The Morgan fingerprint density at radius 2 is 1.45 bits per heavy atom. The summed E-state index contributed by atoms with van der Waals surface area (Å²) >= 11 is 0. The predicted molar refractivity (Wildman–Crippen MR) is 141 cm³/mol. The summed E-state index contributed by atoms with van der Waals surface area (Å²) in [4.78, 5) is 23.9. The molecule has 4 nitrogen and oxygen atoms in total. The van der Waals surface area contributed by atoms with Gasteiger partial charge >= 0.3 is 11.9 Å². The van der Waals surface area contributed by atoms with E-state index in [9.17, 15) is 9.59 Å². The average Bonchev–Trinajstić information content (AvgIpc) is 3.04. The molecule has 0 radical (unpaired) electrons. The lowest BCUT2D eigenvalue weighted by atomic mass is 9.70. The Balaban J connectivity index is 0.000000337. The Labute approximate surface area is 206 Å². The van der Waals surface area contributed by atoms with Gasteiger partial charge in [-0.05, 0) is 77.6 Å². The maximum absolute atomic E-state index is 12.3. The number of hydrogen-bond donors (Lipinski definition) is 0. The predicted octanol–water partition coefficient (Wildman–Crippen LogP) is 7.87. The first-order chi connectivity index (χ1) is 14.8. The standard InChI is InChI=1S/C16H28O2.C12H26O2Si/c1-7-14(2,3)13(17)18-12-10-11-8-9-16(12,6)15(11,4)5;1-7-12(2,3)11(13)14-9-8-10-15(4,5)6/h11-12H,7-10H2,1-6H3;7-10H2,1-6H3. The topological polar surface area (TPSA) is 52.6 Å². The van der Waals surface area contributed by atoms with Crippen molar-refractivity contribution >= 4 is 20.0 Å². The number of hydrogen-bond acceptors (Lipinski definition) is 4. The van der Waals surface area contributed by atoms with Crippen molar-refractivity contribution in [2.75, 3.05) is 6.61 Å². The summed E-state index contributed by atoms with van der Waals surface area (Å²) in [5.41, 5.74) is -0.174. The molecule has 33 heavy (non-hydrogen) atoms. The van der Waals surface area contributed by atoms with Gasteiger partial charge in [0.05, 0.1) is 17.4 Å². The smallest absolute Gasteiger partial charge is 0.311 e. The SMILES string of the molecule is CCC(C)(C)C(=O)OC1CC2CCC1(C)C2(C)C.CCC(C)(C)C(=O)OCCC[Si](C)(C)C. The molecule has 0 aromatic heterocycles. The molecule has 0 heterocycles. The highest BCUT2D eigenvalue weighted by Crippen LogP contribution is 2.66.